The van der Waals surface area contributed by atoms with Crippen LogP contribution in [0.2, 0.25) is 0 Å². The van der Waals surface area contributed by atoms with Crippen molar-refractivity contribution < 1.29 is 14.4 Å². The summed E-state index contributed by atoms with van der Waals surface area (Å²) in [5.74, 6) is -1.81. The summed E-state index contributed by atoms with van der Waals surface area (Å²) in [5, 5.41) is 0. The van der Waals surface area contributed by atoms with Gasteiger partial charge in [0.05, 0.1) is 17.8 Å². The van der Waals surface area contributed by atoms with E-state index in [4.69, 9.17) is 5.73 Å². The van der Waals surface area contributed by atoms with Crippen LogP contribution in [0.4, 0.5) is 5.69 Å². The summed E-state index contributed by atoms with van der Waals surface area (Å²) in [7, 11) is 0. The highest BCUT2D eigenvalue weighted by Gasteiger charge is 2.36. The molecule has 2 amide bonds. The molecule has 116 valence electrons. The fourth-order valence-electron chi connectivity index (χ4n) is 2.67. The van der Waals surface area contributed by atoms with Crippen LogP contribution < -0.4 is 10.6 Å². The highest BCUT2D eigenvalue weighted by molar-refractivity contribution is 6.52. The molecule has 0 saturated heterocycles. The fraction of sp³-hybridized carbons (Fsp3) is 0.167. The van der Waals surface area contributed by atoms with E-state index in [0.29, 0.717) is 12.2 Å². The number of aryl methyl sites for hydroxylation is 1. The van der Waals surface area contributed by atoms with Gasteiger partial charge in [-0.3, -0.25) is 14.4 Å². The van der Waals surface area contributed by atoms with E-state index in [1.807, 2.05) is 24.3 Å². The summed E-state index contributed by atoms with van der Waals surface area (Å²) in [6.07, 6.45) is 0.945. The zero-order chi connectivity index (χ0) is 16.6. The number of amides is 2. The second-order valence-electron chi connectivity index (χ2n) is 5.49. The van der Waals surface area contributed by atoms with E-state index in [1.54, 1.807) is 6.07 Å². The summed E-state index contributed by atoms with van der Waals surface area (Å²) in [5.41, 5.74) is 8.35. The Labute approximate surface area is 133 Å². The molecule has 1 aliphatic heterocycles. The van der Waals surface area contributed by atoms with Crippen molar-refractivity contribution in [2.75, 3.05) is 4.90 Å². The first-order valence-corrected chi connectivity index (χ1v) is 7.39. The van der Waals surface area contributed by atoms with Crippen molar-refractivity contribution >= 4 is 23.3 Å². The number of Topliss-reactive ketones (excluding diaryl/α,β-unsaturated/α-hetero) is 1. The van der Waals surface area contributed by atoms with Crippen molar-refractivity contribution in [1.82, 2.24) is 0 Å². The molecule has 5 nitrogen and oxygen atoms in total. The van der Waals surface area contributed by atoms with Crippen LogP contribution in [0.1, 0.15) is 38.8 Å². The first kappa shape index (κ1) is 15.0. The molecule has 0 bridgehead atoms. The van der Waals surface area contributed by atoms with Crippen molar-refractivity contribution in [1.29, 1.82) is 0 Å². The van der Waals surface area contributed by atoms with Gasteiger partial charge in [0.2, 0.25) is 5.91 Å². The molecular weight excluding hydrogens is 292 g/mol. The first-order chi connectivity index (χ1) is 11.0. The van der Waals surface area contributed by atoms with Gasteiger partial charge in [-0.2, -0.15) is 0 Å². The molecule has 2 N–H and O–H groups in total. The minimum Gasteiger partial charge on any atom is -0.366 e. The highest BCUT2D eigenvalue weighted by atomic mass is 16.2. The number of rotatable bonds is 4. The van der Waals surface area contributed by atoms with E-state index >= 15 is 0 Å². The Kier molecular flexibility index (Phi) is 3.70. The molecule has 0 atom stereocenters. The molecule has 0 fully saturated rings. The summed E-state index contributed by atoms with van der Waals surface area (Å²) in [6.45, 7) is 2.39. The number of hydrogen-bond donors (Lipinski definition) is 1. The number of carbonyl (C=O) groups is 3. The van der Waals surface area contributed by atoms with Crippen LogP contribution in [0.3, 0.4) is 0 Å². The van der Waals surface area contributed by atoms with E-state index < -0.39 is 17.6 Å². The van der Waals surface area contributed by atoms with Gasteiger partial charge in [-0.05, 0) is 35.7 Å². The highest BCUT2D eigenvalue weighted by Crippen LogP contribution is 2.31. The van der Waals surface area contributed by atoms with Gasteiger partial charge < -0.3 is 10.6 Å². The second kappa shape index (κ2) is 5.68. The maximum Gasteiger partial charge on any atom is 0.299 e. The van der Waals surface area contributed by atoms with Gasteiger partial charge >= 0.3 is 0 Å². The topological polar surface area (TPSA) is 80.5 Å². The normalized spacial score (nSPS) is 13.3. The number of nitrogens with zero attached hydrogens (tertiary/aromatic N) is 1. The van der Waals surface area contributed by atoms with E-state index in [1.165, 1.54) is 22.6 Å². The van der Waals surface area contributed by atoms with Crippen LogP contribution in [0.25, 0.3) is 0 Å². The van der Waals surface area contributed by atoms with Crippen molar-refractivity contribution in [3.05, 3.63) is 64.7 Å². The monoisotopic (exact) mass is 308 g/mol. The Balaban J connectivity index is 1.93. The van der Waals surface area contributed by atoms with Crippen LogP contribution in [-0.4, -0.2) is 17.6 Å². The summed E-state index contributed by atoms with van der Waals surface area (Å²) >= 11 is 0. The third-order valence-electron chi connectivity index (χ3n) is 4.03. The minimum absolute atomic E-state index is 0.221. The average Bonchev–Trinajstić information content (AvgIpc) is 2.80. The van der Waals surface area contributed by atoms with Crippen LogP contribution in [0, 0.1) is 0 Å². The van der Waals surface area contributed by atoms with Crippen molar-refractivity contribution in [3.8, 4) is 0 Å². The molecule has 1 heterocycles. The maximum atomic E-state index is 12.2. The number of nitrogens with two attached hydrogens (primary N) is 1. The Hall–Kier alpha value is -2.95. The lowest BCUT2D eigenvalue weighted by molar-refractivity contribution is -0.114. The SMILES string of the molecule is CCc1ccc(CN2C(=O)C(=O)c3cc(C(N)=O)ccc32)cc1. The van der Waals surface area contributed by atoms with Gasteiger partial charge in [-0.1, -0.05) is 31.2 Å². The zero-order valence-electron chi connectivity index (χ0n) is 12.7. The Bertz CT molecular complexity index is 810. The molecule has 1 aliphatic rings. The number of anilines is 1. The number of primary amides is 1. The van der Waals surface area contributed by atoms with Gasteiger partial charge in [0.25, 0.3) is 11.7 Å². The lowest BCUT2D eigenvalue weighted by Gasteiger charge is -2.17. The predicted molar refractivity (Wildman–Crippen MR) is 86.3 cm³/mol. The molecule has 2 aromatic carbocycles. The summed E-state index contributed by atoms with van der Waals surface area (Å²) in [6, 6.07) is 12.4. The predicted octanol–water partition coefficient (Wildman–Crippen LogP) is 2.08. The maximum absolute atomic E-state index is 12.2. The smallest absolute Gasteiger partial charge is 0.299 e. The third-order valence-corrected chi connectivity index (χ3v) is 4.03. The van der Waals surface area contributed by atoms with Gasteiger partial charge in [-0.15, -0.1) is 0 Å². The first-order valence-electron chi connectivity index (χ1n) is 7.39. The van der Waals surface area contributed by atoms with Crippen LogP contribution >= 0.6 is 0 Å². The van der Waals surface area contributed by atoms with Crippen molar-refractivity contribution in [2.24, 2.45) is 5.73 Å². The molecule has 2 aromatic rings. The van der Waals surface area contributed by atoms with E-state index in [9.17, 15) is 14.4 Å². The molecule has 0 aliphatic carbocycles. The van der Waals surface area contributed by atoms with E-state index in [0.717, 1.165) is 12.0 Å². The largest absolute Gasteiger partial charge is 0.366 e. The lowest BCUT2D eigenvalue weighted by atomic mass is 10.1. The standard InChI is InChI=1S/C18H16N2O3/c1-2-11-3-5-12(6-4-11)10-20-15-8-7-13(17(19)22)9-14(15)16(21)18(20)23/h3-9H,2,10H2,1H3,(H2,19,22). The Morgan fingerprint density at radius 1 is 1.04 bits per heavy atom. The fourth-order valence-corrected chi connectivity index (χ4v) is 2.67. The van der Waals surface area contributed by atoms with Gasteiger partial charge in [0.15, 0.2) is 0 Å². The van der Waals surface area contributed by atoms with Gasteiger partial charge in [0.1, 0.15) is 0 Å². The lowest BCUT2D eigenvalue weighted by Crippen LogP contribution is -2.29. The van der Waals surface area contributed by atoms with Crippen LogP contribution in [-0.2, 0) is 17.8 Å². The summed E-state index contributed by atoms with van der Waals surface area (Å²) in [4.78, 5) is 37.0. The molecule has 0 radical (unpaired) electrons. The number of ketones is 1. The molecule has 3 rings (SSSR count). The van der Waals surface area contributed by atoms with Crippen molar-refractivity contribution in [3.63, 3.8) is 0 Å². The second-order valence-corrected chi connectivity index (χ2v) is 5.49. The van der Waals surface area contributed by atoms with Gasteiger partial charge in [-0.25, -0.2) is 0 Å². The van der Waals surface area contributed by atoms with E-state index in [2.05, 4.69) is 6.92 Å². The Morgan fingerprint density at radius 2 is 1.70 bits per heavy atom. The Morgan fingerprint density at radius 3 is 2.30 bits per heavy atom. The quantitative estimate of drug-likeness (QED) is 0.878. The average molecular weight is 308 g/mol. The van der Waals surface area contributed by atoms with Crippen LogP contribution in [0.15, 0.2) is 42.5 Å². The molecular formula is C18H16N2O3. The molecule has 23 heavy (non-hydrogen) atoms. The number of benzene rings is 2. The molecule has 0 aromatic heterocycles. The van der Waals surface area contributed by atoms with Crippen molar-refractivity contribution in [2.45, 2.75) is 19.9 Å². The van der Waals surface area contributed by atoms with Gasteiger partial charge in [0, 0.05) is 5.56 Å². The summed E-state index contributed by atoms with van der Waals surface area (Å²) < 4.78 is 0. The number of carbonyl (C=O) groups excluding carboxylic acids is 3. The molecule has 0 saturated carbocycles. The molecule has 0 unspecified atom stereocenters. The number of hydrogen-bond acceptors (Lipinski definition) is 3. The molecule has 0 spiro atoms. The number of fused-ring (bicyclic) bond motifs is 1. The molecule has 5 heteroatoms. The van der Waals surface area contributed by atoms with E-state index in [-0.39, 0.29) is 11.1 Å². The minimum atomic E-state index is -0.623. The van der Waals surface area contributed by atoms with Crippen LogP contribution in [0.5, 0.6) is 0 Å². The zero-order valence-corrected chi connectivity index (χ0v) is 12.7. The third kappa shape index (κ3) is 2.61.